The molecular weight excluding hydrogens is 246 g/mol. The first-order valence-corrected chi connectivity index (χ1v) is 6.53. The van der Waals surface area contributed by atoms with E-state index in [0.717, 1.165) is 18.8 Å². The number of halogens is 1. The summed E-state index contributed by atoms with van der Waals surface area (Å²) in [5.41, 5.74) is 0. The first-order chi connectivity index (χ1) is 7.48. The Hall–Kier alpha value is -0.610. The second-order valence-corrected chi connectivity index (χ2v) is 6.61. The Labute approximate surface area is 104 Å². The molecule has 88 valence electrons. The predicted octanol–water partition coefficient (Wildman–Crippen LogP) is 2.90. The van der Waals surface area contributed by atoms with Crippen molar-refractivity contribution in [3.63, 3.8) is 0 Å². The summed E-state index contributed by atoms with van der Waals surface area (Å²) in [6, 6.07) is 3.22. The van der Waals surface area contributed by atoms with Gasteiger partial charge in [-0.2, -0.15) is 11.8 Å². The van der Waals surface area contributed by atoms with Crippen LogP contribution >= 0.6 is 23.4 Å². The van der Waals surface area contributed by atoms with E-state index in [1.807, 2.05) is 16.7 Å². The van der Waals surface area contributed by atoms with Gasteiger partial charge in [0.15, 0.2) is 11.0 Å². The molecule has 0 atom stereocenters. The van der Waals surface area contributed by atoms with Gasteiger partial charge in [-0.05, 0) is 37.6 Å². The van der Waals surface area contributed by atoms with E-state index in [-0.39, 0.29) is 15.9 Å². The Balaban J connectivity index is 2.10. The van der Waals surface area contributed by atoms with Crippen LogP contribution in [-0.2, 0) is 0 Å². The lowest BCUT2D eigenvalue weighted by molar-refractivity contribution is 0.0716. The maximum atomic E-state index is 12.1. The second kappa shape index (κ2) is 4.34. The van der Waals surface area contributed by atoms with Crippen molar-refractivity contribution in [2.75, 3.05) is 18.8 Å². The van der Waals surface area contributed by atoms with E-state index in [0.29, 0.717) is 5.76 Å². The van der Waals surface area contributed by atoms with E-state index in [9.17, 15) is 4.79 Å². The lowest BCUT2D eigenvalue weighted by atomic mass is 10.2. The normalized spacial score (nSPS) is 19.8. The lowest BCUT2D eigenvalue weighted by Crippen LogP contribution is -2.46. The zero-order chi connectivity index (χ0) is 11.8. The molecule has 0 saturated carbocycles. The molecule has 0 aliphatic carbocycles. The zero-order valence-electron chi connectivity index (χ0n) is 9.33. The van der Waals surface area contributed by atoms with E-state index in [1.54, 1.807) is 12.1 Å². The molecule has 0 aromatic carbocycles. The molecule has 1 saturated heterocycles. The summed E-state index contributed by atoms with van der Waals surface area (Å²) in [4.78, 5) is 13.9. The topological polar surface area (TPSA) is 33.5 Å². The monoisotopic (exact) mass is 259 g/mol. The Morgan fingerprint density at radius 2 is 2.31 bits per heavy atom. The molecule has 2 rings (SSSR count). The summed E-state index contributed by atoms with van der Waals surface area (Å²) in [5.74, 6) is 1.22. The molecule has 1 aromatic heterocycles. The van der Waals surface area contributed by atoms with Crippen LogP contribution in [0, 0.1) is 0 Å². The van der Waals surface area contributed by atoms with Crippen LogP contribution in [0.15, 0.2) is 16.5 Å². The van der Waals surface area contributed by atoms with Gasteiger partial charge in [0.1, 0.15) is 0 Å². The molecular formula is C11H14ClNO2S. The minimum Gasteiger partial charge on any atom is -0.440 e. The zero-order valence-corrected chi connectivity index (χ0v) is 10.9. The largest absolute Gasteiger partial charge is 0.440 e. The average Bonchev–Trinajstić information content (AvgIpc) is 2.62. The highest BCUT2D eigenvalue weighted by Crippen LogP contribution is 2.30. The first kappa shape index (κ1) is 11.9. The van der Waals surface area contributed by atoms with E-state index in [1.165, 1.54) is 0 Å². The maximum absolute atomic E-state index is 12.1. The number of carbonyl (C=O) groups is 1. The Bertz CT molecular complexity index is 402. The van der Waals surface area contributed by atoms with Gasteiger partial charge >= 0.3 is 0 Å². The molecule has 1 fully saturated rings. The quantitative estimate of drug-likeness (QED) is 0.778. The molecule has 2 heterocycles. The Morgan fingerprint density at radius 3 is 2.88 bits per heavy atom. The summed E-state index contributed by atoms with van der Waals surface area (Å²) in [5, 5.41) is 0.258. The Kier molecular flexibility index (Phi) is 3.22. The van der Waals surface area contributed by atoms with Gasteiger partial charge in [0.2, 0.25) is 0 Å². The minimum absolute atomic E-state index is 0.0692. The fourth-order valence-electron chi connectivity index (χ4n) is 1.77. The summed E-state index contributed by atoms with van der Waals surface area (Å²) in [6.07, 6.45) is 0. The maximum Gasteiger partial charge on any atom is 0.289 e. The van der Waals surface area contributed by atoms with Crippen LogP contribution in [0.1, 0.15) is 24.4 Å². The summed E-state index contributed by atoms with van der Waals surface area (Å²) >= 11 is 7.55. The third-order valence-electron chi connectivity index (χ3n) is 2.50. The van der Waals surface area contributed by atoms with E-state index >= 15 is 0 Å². The predicted molar refractivity (Wildman–Crippen MR) is 66.2 cm³/mol. The summed E-state index contributed by atoms with van der Waals surface area (Å²) < 4.78 is 5.25. The lowest BCUT2D eigenvalue weighted by Gasteiger charge is -2.37. The number of amides is 1. The third-order valence-corrected chi connectivity index (χ3v) is 4.00. The van der Waals surface area contributed by atoms with Crippen molar-refractivity contribution in [2.24, 2.45) is 0 Å². The van der Waals surface area contributed by atoms with Gasteiger partial charge in [0.05, 0.1) is 0 Å². The molecule has 0 unspecified atom stereocenters. The number of nitrogens with zero attached hydrogens (tertiary/aromatic N) is 1. The third kappa shape index (κ3) is 2.55. The molecule has 0 spiro atoms. The van der Waals surface area contributed by atoms with Crippen molar-refractivity contribution in [3.05, 3.63) is 23.1 Å². The standard InChI is InChI=1S/C11H14ClNO2S/c1-11(2)7-13(5-6-16-11)10(14)8-3-4-9(12)15-8/h3-4H,5-7H2,1-2H3. The smallest absolute Gasteiger partial charge is 0.289 e. The van der Waals surface area contributed by atoms with Gasteiger partial charge in [-0.3, -0.25) is 4.79 Å². The SMILES string of the molecule is CC1(C)CN(C(=O)c2ccc(Cl)o2)CCS1. The van der Waals surface area contributed by atoms with Crippen molar-refractivity contribution >= 4 is 29.3 Å². The van der Waals surface area contributed by atoms with Crippen LogP contribution < -0.4 is 0 Å². The number of hydrogen-bond acceptors (Lipinski definition) is 3. The van der Waals surface area contributed by atoms with Crippen molar-refractivity contribution in [1.82, 2.24) is 4.90 Å². The highest BCUT2D eigenvalue weighted by Gasteiger charge is 2.31. The fourth-order valence-corrected chi connectivity index (χ4v) is 3.03. The first-order valence-electron chi connectivity index (χ1n) is 5.16. The second-order valence-electron chi connectivity index (χ2n) is 4.44. The molecule has 0 radical (unpaired) electrons. The minimum atomic E-state index is -0.0692. The number of rotatable bonds is 1. The summed E-state index contributed by atoms with van der Waals surface area (Å²) in [7, 11) is 0. The van der Waals surface area contributed by atoms with Gasteiger partial charge in [-0.25, -0.2) is 0 Å². The van der Waals surface area contributed by atoms with Crippen LogP contribution in [0.4, 0.5) is 0 Å². The molecule has 1 aliphatic heterocycles. The van der Waals surface area contributed by atoms with E-state index in [4.69, 9.17) is 16.0 Å². The van der Waals surface area contributed by atoms with E-state index < -0.39 is 0 Å². The molecule has 3 nitrogen and oxygen atoms in total. The van der Waals surface area contributed by atoms with Gasteiger partial charge < -0.3 is 9.32 Å². The van der Waals surface area contributed by atoms with Crippen LogP contribution in [0.25, 0.3) is 0 Å². The number of thioether (sulfide) groups is 1. The molecule has 1 aliphatic rings. The van der Waals surface area contributed by atoms with Gasteiger partial charge in [0, 0.05) is 23.6 Å². The van der Waals surface area contributed by atoms with Crippen LogP contribution in [0.2, 0.25) is 5.22 Å². The van der Waals surface area contributed by atoms with Gasteiger partial charge in [-0.15, -0.1) is 0 Å². The molecule has 1 aromatic rings. The van der Waals surface area contributed by atoms with Gasteiger partial charge in [-0.1, -0.05) is 0 Å². The molecule has 0 N–H and O–H groups in total. The molecule has 5 heteroatoms. The highest BCUT2D eigenvalue weighted by molar-refractivity contribution is 8.00. The Morgan fingerprint density at radius 1 is 1.56 bits per heavy atom. The van der Waals surface area contributed by atoms with Crippen molar-refractivity contribution in [3.8, 4) is 0 Å². The fraction of sp³-hybridized carbons (Fsp3) is 0.545. The van der Waals surface area contributed by atoms with E-state index in [2.05, 4.69) is 13.8 Å². The van der Waals surface area contributed by atoms with Crippen molar-refractivity contribution in [1.29, 1.82) is 0 Å². The van der Waals surface area contributed by atoms with Crippen LogP contribution in [0.3, 0.4) is 0 Å². The molecule has 0 bridgehead atoms. The van der Waals surface area contributed by atoms with Crippen molar-refractivity contribution < 1.29 is 9.21 Å². The van der Waals surface area contributed by atoms with Crippen LogP contribution in [-0.4, -0.2) is 34.4 Å². The highest BCUT2D eigenvalue weighted by atomic mass is 35.5. The van der Waals surface area contributed by atoms with Crippen LogP contribution in [0.5, 0.6) is 0 Å². The van der Waals surface area contributed by atoms with Crippen molar-refractivity contribution in [2.45, 2.75) is 18.6 Å². The molecule has 16 heavy (non-hydrogen) atoms. The number of furan rings is 1. The molecule has 1 amide bonds. The number of hydrogen-bond donors (Lipinski definition) is 0. The average molecular weight is 260 g/mol. The van der Waals surface area contributed by atoms with Gasteiger partial charge in [0.25, 0.3) is 5.91 Å². The number of carbonyl (C=O) groups excluding carboxylic acids is 1. The summed E-state index contributed by atoms with van der Waals surface area (Å²) in [6.45, 7) is 5.80.